The predicted octanol–water partition coefficient (Wildman–Crippen LogP) is 3.72. The SMILES string of the molecule is Cc1c(C(=O)OC(C)C(=O)Nc2c(C)n(C)n(-c3ccccc3)c2=O)oc2ccccc12. The number of aromatic nitrogens is 2. The van der Waals surface area contributed by atoms with Crippen molar-refractivity contribution < 1.29 is 18.7 Å². The van der Waals surface area contributed by atoms with Crippen molar-refractivity contribution in [2.45, 2.75) is 26.9 Å². The smallest absolute Gasteiger partial charge is 0.375 e. The molecule has 4 rings (SSSR count). The van der Waals surface area contributed by atoms with Gasteiger partial charge in [-0.3, -0.25) is 14.3 Å². The highest BCUT2D eigenvalue weighted by molar-refractivity contribution is 5.99. The number of hydrogen-bond acceptors (Lipinski definition) is 5. The highest BCUT2D eigenvalue weighted by atomic mass is 16.6. The Bertz CT molecular complexity index is 1380. The molecule has 1 N–H and O–H groups in total. The minimum atomic E-state index is -1.14. The number of nitrogens with zero attached hydrogens (tertiary/aromatic N) is 2. The van der Waals surface area contributed by atoms with E-state index < -0.39 is 18.0 Å². The van der Waals surface area contributed by atoms with E-state index >= 15 is 0 Å². The minimum Gasteiger partial charge on any atom is -0.449 e. The third-order valence-corrected chi connectivity index (χ3v) is 5.48. The number of carbonyl (C=O) groups excluding carboxylic acids is 2. The van der Waals surface area contributed by atoms with Crippen LogP contribution in [0, 0.1) is 13.8 Å². The van der Waals surface area contributed by atoms with Crippen LogP contribution in [0.1, 0.15) is 28.7 Å². The number of aryl methyl sites for hydroxylation is 1. The first-order valence-corrected chi connectivity index (χ1v) is 10.1. The van der Waals surface area contributed by atoms with E-state index in [0.29, 0.717) is 22.5 Å². The van der Waals surface area contributed by atoms with Crippen LogP contribution in [-0.4, -0.2) is 27.3 Å². The Kier molecular flexibility index (Phi) is 5.44. The zero-order valence-corrected chi connectivity index (χ0v) is 18.2. The van der Waals surface area contributed by atoms with Gasteiger partial charge in [-0.15, -0.1) is 0 Å². The molecule has 1 amide bonds. The summed E-state index contributed by atoms with van der Waals surface area (Å²) in [6.07, 6.45) is -1.14. The first-order chi connectivity index (χ1) is 15.3. The van der Waals surface area contributed by atoms with Gasteiger partial charge in [0.1, 0.15) is 11.3 Å². The molecule has 0 radical (unpaired) electrons. The van der Waals surface area contributed by atoms with Crippen molar-refractivity contribution in [1.82, 2.24) is 9.36 Å². The van der Waals surface area contributed by atoms with Crippen molar-refractivity contribution in [3.8, 4) is 5.69 Å². The number of para-hydroxylation sites is 2. The molecule has 1 atom stereocenters. The summed E-state index contributed by atoms with van der Waals surface area (Å²) in [5.41, 5.74) is 2.20. The van der Waals surface area contributed by atoms with E-state index in [0.717, 1.165) is 5.39 Å². The van der Waals surface area contributed by atoms with Crippen molar-refractivity contribution in [3.05, 3.63) is 82.0 Å². The third kappa shape index (κ3) is 3.60. The number of ether oxygens (including phenoxy) is 1. The number of amides is 1. The number of fused-ring (bicyclic) bond motifs is 1. The molecule has 0 saturated carbocycles. The van der Waals surface area contributed by atoms with Crippen molar-refractivity contribution in [2.24, 2.45) is 7.05 Å². The maximum atomic E-state index is 13.0. The van der Waals surface area contributed by atoms with Crippen molar-refractivity contribution in [1.29, 1.82) is 0 Å². The van der Waals surface area contributed by atoms with Gasteiger partial charge in [0.05, 0.1) is 11.4 Å². The molecule has 8 heteroatoms. The molecule has 0 aliphatic heterocycles. The molecule has 0 bridgehead atoms. The average molecular weight is 433 g/mol. The van der Waals surface area contributed by atoms with Gasteiger partial charge in [-0.1, -0.05) is 36.4 Å². The van der Waals surface area contributed by atoms with Crippen LogP contribution in [0.25, 0.3) is 16.7 Å². The lowest BCUT2D eigenvalue weighted by molar-refractivity contribution is -0.123. The zero-order valence-electron chi connectivity index (χ0n) is 18.2. The van der Waals surface area contributed by atoms with Crippen molar-refractivity contribution in [2.75, 3.05) is 5.32 Å². The molecule has 0 fully saturated rings. The summed E-state index contributed by atoms with van der Waals surface area (Å²) in [7, 11) is 1.73. The highest BCUT2D eigenvalue weighted by Gasteiger charge is 2.26. The first kappa shape index (κ1) is 21.2. The number of hydrogen-bond donors (Lipinski definition) is 1. The Hall–Kier alpha value is -4.07. The number of esters is 1. The van der Waals surface area contributed by atoms with Crippen LogP contribution >= 0.6 is 0 Å². The summed E-state index contributed by atoms with van der Waals surface area (Å²) < 4.78 is 14.0. The monoisotopic (exact) mass is 433 g/mol. The van der Waals surface area contributed by atoms with E-state index in [1.165, 1.54) is 11.6 Å². The van der Waals surface area contributed by atoms with Gasteiger partial charge in [0.25, 0.3) is 11.5 Å². The van der Waals surface area contributed by atoms with E-state index in [1.54, 1.807) is 49.8 Å². The summed E-state index contributed by atoms with van der Waals surface area (Å²) in [6, 6.07) is 16.4. The second-order valence-electron chi connectivity index (χ2n) is 7.53. The van der Waals surface area contributed by atoms with E-state index in [-0.39, 0.29) is 17.0 Å². The fraction of sp³-hybridized carbons (Fsp3) is 0.208. The number of furan rings is 1. The number of rotatable bonds is 5. The number of anilines is 1. The molecule has 32 heavy (non-hydrogen) atoms. The van der Waals surface area contributed by atoms with Crippen LogP contribution in [0.5, 0.6) is 0 Å². The van der Waals surface area contributed by atoms with Gasteiger partial charge in [-0.05, 0) is 39.0 Å². The standard InChI is InChI=1S/C24H23N3O5/c1-14-18-12-8-9-13-19(18)32-21(14)24(30)31-16(3)22(28)25-20-15(2)26(4)27(23(20)29)17-10-6-5-7-11-17/h5-13,16H,1-4H3,(H,25,28). The summed E-state index contributed by atoms with van der Waals surface area (Å²) in [5, 5.41) is 3.41. The molecule has 0 spiro atoms. The van der Waals surface area contributed by atoms with Crippen LogP contribution in [0.15, 0.2) is 63.8 Å². The van der Waals surface area contributed by atoms with Gasteiger partial charge in [-0.25, -0.2) is 9.48 Å². The molecule has 0 aliphatic carbocycles. The molecule has 0 aliphatic rings. The second kappa shape index (κ2) is 8.22. The molecule has 2 aromatic carbocycles. The number of nitrogens with one attached hydrogen (secondary N) is 1. The second-order valence-corrected chi connectivity index (χ2v) is 7.53. The largest absolute Gasteiger partial charge is 0.449 e. The lowest BCUT2D eigenvalue weighted by Crippen LogP contribution is -2.32. The Balaban J connectivity index is 1.53. The lowest BCUT2D eigenvalue weighted by Gasteiger charge is -2.12. The molecule has 8 nitrogen and oxygen atoms in total. The molecule has 2 heterocycles. The van der Waals surface area contributed by atoms with Crippen LogP contribution in [0.4, 0.5) is 5.69 Å². The fourth-order valence-corrected chi connectivity index (χ4v) is 3.57. The highest BCUT2D eigenvalue weighted by Crippen LogP contribution is 2.25. The minimum absolute atomic E-state index is 0.0492. The molecule has 164 valence electrons. The maximum Gasteiger partial charge on any atom is 0.375 e. The van der Waals surface area contributed by atoms with Gasteiger partial charge >= 0.3 is 5.97 Å². The maximum absolute atomic E-state index is 13.0. The topological polar surface area (TPSA) is 95.5 Å². The van der Waals surface area contributed by atoms with Crippen LogP contribution in [0.2, 0.25) is 0 Å². The molecular formula is C24H23N3O5. The summed E-state index contributed by atoms with van der Waals surface area (Å²) in [6.45, 7) is 4.93. The van der Waals surface area contributed by atoms with Gasteiger partial charge in [-0.2, -0.15) is 0 Å². The third-order valence-electron chi connectivity index (χ3n) is 5.48. The zero-order chi connectivity index (χ0) is 23.0. The quantitative estimate of drug-likeness (QED) is 0.484. The van der Waals surface area contributed by atoms with Crippen LogP contribution in [0.3, 0.4) is 0 Å². The normalized spacial score (nSPS) is 12.0. The Morgan fingerprint density at radius 3 is 2.38 bits per heavy atom. The molecular weight excluding hydrogens is 410 g/mol. The average Bonchev–Trinajstić information content (AvgIpc) is 3.23. The van der Waals surface area contributed by atoms with Crippen molar-refractivity contribution in [3.63, 3.8) is 0 Å². The van der Waals surface area contributed by atoms with Gasteiger partial charge in [0.15, 0.2) is 6.10 Å². The van der Waals surface area contributed by atoms with Gasteiger partial charge in [0.2, 0.25) is 5.76 Å². The van der Waals surface area contributed by atoms with E-state index in [2.05, 4.69) is 5.32 Å². The Morgan fingerprint density at radius 1 is 1.03 bits per heavy atom. The Labute approximate surface area is 184 Å². The number of carbonyl (C=O) groups is 2. The van der Waals surface area contributed by atoms with E-state index in [1.807, 2.05) is 30.3 Å². The van der Waals surface area contributed by atoms with E-state index in [4.69, 9.17) is 9.15 Å². The van der Waals surface area contributed by atoms with Gasteiger partial charge < -0.3 is 14.5 Å². The lowest BCUT2D eigenvalue weighted by atomic mass is 10.1. The van der Waals surface area contributed by atoms with Crippen molar-refractivity contribution >= 4 is 28.5 Å². The Morgan fingerprint density at radius 2 is 1.69 bits per heavy atom. The summed E-state index contributed by atoms with van der Waals surface area (Å²) >= 11 is 0. The predicted molar refractivity (Wildman–Crippen MR) is 120 cm³/mol. The van der Waals surface area contributed by atoms with E-state index in [9.17, 15) is 14.4 Å². The summed E-state index contributed by atoms with van der Waals surface area (Å²) in [4.78, 5) is 38.3. The first-order valence-electron chi connectivity index (χ1n) is 10.1. The molecule has 1 unspecified atom stereocenters. The molecule has 0 saturated heterocycles. The van der Waals surface area contributed by atoms with Gasteiger partial charge in [0, 0.05) is 18.0 Å². The summed E-state index contributed by atoms with van der Waals surface area (Å²) in [5.74, 6) is -1.31. The van der Waals surface area contributed by atoms with Crippen LogP contribution < -0.4 is 10.9 Å². The van der Waals surface area contributed by atoms with Crippen LogP contribution in [-0.2, 0) is 16.6 Å². The number of benzene rings is 2. The molecule has 2 aromatic heterocycles. The fourth-order valence-electron chi connectivity index (χ4n) is 3.57. The molecule has 4 aromatic rings.